The third kappa shape index (κ3) is 3.34. The van der Waals surface area contributed by atoms with E-state index in [4.69, 9.17) is 27.9 Å². The van der Waals surface area contributed by atoms with Crippen molar-refractivity contribution < 1.29 is 4.74 Å². The van der Waals surface area contributed by atoms with Crippen molar-refractivity contribution in [1.29, 1.82) is 0 Å². The molecule has 110 valence electrons. The molecule has 1 saturated heterocycles. The summed E-state index contributed by atoms with van der Waals surface area (Å²) in [6, 6.07) is 13.8. The van der Waals surface area contributed by atoms with E-state index in [0.29, 0.717) is 16.0 Å². The fourth-order valence-corrected chi connectivity index (χ4v) is 2.79. The van der Waals surface area contributed by atoms with Gasteiger partial charge in [0.25, 0.3) is 0 Å². The zero-order chi connectivity index (χ0) is 14.8. The number of hydrogen-bond donors (Lipinski definition) is 1. The van der Waals surface area contributed by atoms with Crippen LogP contribution in [0, 0.1) is 12.8 Å². The molecule has 0 unspecified atom stereocenters. The first-order valence-corrected chi connectivity index (χ1v) is 7.78. The fraction of sp³-hybridized carbons (Fsp3) is 0.294. The first-order valence-electron chi connectivity index (χ1n) is 7.02. The Bertz CT molecular complexity index is 640. The zero-order valence-electron chi connectivity index (χ0n) is 11.8. The third-order valence-electron chi connectivity index (χ3n) is 3.77. The molecule has 0 amide bonds. The van der Waals surface area contributed by atoms with E-state index in [0.717, 1.165) is 24.4 Å². The first-order chi connectivity index (χ1) is 10.1. The predicted octanol–water partition coefficient (Wildman–Crippen LogP) is 4.64. The minimum Gasteiger partial charge on any atom is -0.485 e. The van der Waals surface area contributed by atoms with Crippen molar-refractivity contribution in [2.45, 2.75) is 13.0 Å². The van der Waals surface area contributed by atoms with E-state index in [-0.39, 0.29) is 6.10 Å². The van der Waals surface area contributed by atoms with Gasteiger partial charge in [-0.3, -0.25) is 0 Å². The standard InChI is InChI=1S/C17H17Cl2NO/c1-11-3-2-4-14(7-11)21-17(13-9-20-10-13)12-5-6-15(18)16(19)8-12/h2-8,13,17,20H,9-10H2,1H3/t17-/m1/s1. The lowest BCUT2D eigenvalue weighted by Gasteiger charge is -2.35. The van der Waals surface area contributed by atoms with Gasteiger partial charge in [-0.2, -0.15) is 0 Å². The lowest BCUT2D eigenvalue weighted by Crippen LogP contribution is -2.46. The van der Waals surface area contributed by atoms with Crippen molar-refractivity contribution in [2.24, 2.45) is 5.92 Å². The van der Waals surface area contributed by atoms with Crippen LogP contribution in [0.2, 0.25) is 10.0 Å². The van der Waals surface area contributed by atoms with Gasteiger partial charge in [-0.05, 0) is 42.3 Å². The molecule has 0 saturated carbocycles. The van der Waals surface area contributed by atoms with Gasteiger partial charge in [-0.1, -0.05) is 41.4 Å². The van der Waals surface area contributed by atoms with Gasteiger partial charge in [0, 0.05) is 19.0 Å². The van der Waals surface area contributed by atoms with Crippen LogP contribution in [0.25, 0.3) is 0 Å². The van der Waals surface area contributed by atoms with Crippen LogP contribution in [0.4, 0.5) is 0 Å². The SMILES string of the molecule is Cc1cccc(O[C@H](c2ccc(Cl)c(Cl)c2)C2CNC2)c1. The van der Waals surface area contributed by atoms with E-state index in [9.17, 15) is 0 Å². The normalized spacial score (nSPS) is 16.3. The van der Waals surface area contributed by atoms with E-state index in [1.165, 1.54) is 5.56 Å². The molecule has 4 heteroatoms. The quantitative estimate of drug-likeness (QED) is 0.885. The van der Waals surface area contributed by atoms with E-state index in [1.54, 1.807) is 0 Å². The summed E-state index contributed by atoms with van der Waals surface area (Å²) in [4.78, 5) is 0. The molecule has 3 rings (SSSR count). The second-order valence-electron chi connectivity index (χ2n) is 5.45. The Labute approximate surface area is 135 Å². The van der Waals surface area contributed by atoms with Crippen LogP contribution in [0.15, 0.2) is 42.5 Å². The van der Waals surface area contributed by atoms with Crippen molar-refractivity contribution >= 4 is 23.2 Å². The summed E-state index contributed by atoms with van der Waals surface area (Å²) in [5.74, 6) is 1.33. The third-order valence-corrected chi connectivity index (χ3v) is 4.51. The summed E-state index contributed by atoms with van der Waals surface area (Å²) in [5, 5.41) is 4.44. The molecule has 21 heavy (non-hydrogen) atoms. The van der Waals surface area contributed by atoms with Crippen molar-refractivity contribution in [3.63, 3.8) is 0 Å². The molecule has 1 atom stereocenters. The number of rotatable bonds is 4. The first kappa shape index (κ1) is 14.7. The van der Waals surface area contributed by atoms with E-state index >= 15 is 0 Å². The lowest BCUT2D eigenvalue weighted by atomic mass is 9.91. The summed E-state index contributed by atoms with van der Waals surface area (Å²) in [5.41, 5.74) is 2.25. The molecule has 2 aromatic rings. The van der Waals surface area contributed by atoms with Crippen LogP contribution in [-0.2, 0) is 0 Å². The molecule has 1 fully saturated rings. The van der Waals surface area contributed by atoms with E-state index in [1.807, 2.05) is 30.3 Å². The average molecular weight is 322 g/mol. The molecule has 0 spiro atoms. The maximum atomic E-state index is 6.24. The maximum Gasteiger partial charge on any atom is 0.129 e. The monoisotopic (exact) mass is 321 g/mol. The Morgan fingerprint density at radius 1 is 1.10 bits per heavy atom. The van der Waals surface area contributed by atoms with Crippen LogP contribution < -0.4 is 10.1 Å². The van der Waals surface area contributed by atoms with Crippen molar-refractivity contribution in [3.05, 3.63) is 63.6 Å². The summed E-state index contributed by atoms with van der Waals surface area (Å²) >= 11 is 12.2. The number of hydrogen-bond acceptors (Lipinski definition) is 2. The van der Waals surface area contributed by atoms with Gasteiger partial charge in [0.15, 0.2) is 0 Å². The highest BCUT2D eigenvalue weighted by molar-refractivity contribution is 6.42. The van der Waals surface area contributed by atoms with Crippen LogP contribution in [0.1, 0.15) is 17.2 Å². The number of halogens is 2. The summed E-state index contributed by atoms with van der Waals surface area (Å²) in [7, 11) is 0. The Morgan fingerprint density at radius 2 is 1.90 bits per heavy atom. The fourth-order valence-electron chi connectivity index (χ4n) is 2.49. The highest BCUT2D eigenvalue weighted by atomic mass is 35.5. The molecule has 0 aliphatic carbocycles. The summed E-state index contributed by atoms with van der Waals surface area (Å²) in [6.45, 7) is 3.97. The molecule has 0 aromatic heterocycles. The maximum absolute atomic E-state index is 6.24. The Kier molecular flexibility index (Phi) is 4.39. The summed E-state index contributed by atoms with van der Waals surface area (Å²) in [6.07, 6.45) is -0.0113. The number of aryl methyl sites for hydroxylation is 1. The molecule has 0 radical (unpaired) electrons. The van der Waals surface area contributed by atoms with Crippen LogP contribution >= 0.6 is 23.2 Å². The Hall–Kier alpha value is -1.22. The Balaban J connectivity index is 1.88. The second-order valence-corrected chi connectivity index (χ2v) is 6.26. The lowest BCUT2D eigenvalue weighted by molar-refractivity contribution is 0.0993. The molecule has 1 aliphatic heterocycles. The zero-order valence-corrected chi connectivity index (χ0v) is 13.3. The Morgan fingerprint density at radius 3 is 2.52 bits per heavy atom. The van der Waals surface area contributed by atoms with Gasteiger partial charge in [0.2, 0.25) is 0 Å². The van der Waals surface area contributed by atoms with Gasteiger partial charge in [-0.15, -0.1) is 0 Å². The minimum atomic E-state index is -0.0113. The van der Waals surface area contributed by atoms with Gasteiger partial charge in [0.1, 0.15) is 11.9 Å². The minimum absolute atomic E-state index is 0.0113. The molecule has 2 aromatic carbocycles. The van der Waals surface area contributed by atoms with Gasteiger partial charge < -0.3 is 10.1 Å². The highest BCUT2D eigenvalue weighted by Gasteiger charge is 2.30. The van der Waals surface area contributed by atoms with Crippen molar-refractivity contribution in [1.82, 2.24) is 5.32 Å². The van der Waals surface area contributed by atoms with Crippen LogP contribution in [0.5, 0.6) is 5.75 Å². The second kappa shape index (κ2) is 6.27. The van der Waals surface area contributed by atoms with Gasteiger partial charge >= 0.3 is 0 Å². The molecular formula is C17H17Cl2NO. The van der Waals surface area contributed by atoms with Crippen molar-refractivity contribution in [3.8, 4) is 5.75 Å². The van der Waals surface area contributed by atoms with Gasteiger partial charge in [-0.25, -0.2) is 0 Å². The smallest absolute Gasteiger partial charge is 0.129 e. The molecule has 1 aliphatic rings. The highest BCUT2D eigenvalue weighted by Crippen LogP contribution is 2.34. The van der Waals surface area contributed by atoms with E-state index in [2.05, 4.69) is 24.4 Å². The van der Waals surface area contributed by atoms with E-state index < -0.39 is 0 Å². The number of ether oxygens (including phenoxy) is 1. The van der Waals surface area contributed by atoms with Gasteiger partial charge in [0.05, 0.1) is 10.0 Å². The molecule has 2 nitrogen and oxygen atoms in total. The van der Waals surface area contributed by atoms with Crippen LogP contribution in [-0.4, -0.2) is 13.1 Å². The molecular weight excluding hydrogens is 305 g/mol. The summed E-state index contributed by atoms with van der Waals surface area (Å²) < 4.78 is 6.24. The number of nitrogens with one attached hydrogen (secondary N) is 1. The average Bonchev–Trinajstić information content (AvgIpc) is 2.39. The molecule has 0 bridgehead atoms. The van der Waals surface area contributed by atoms with Crippen LogP contribution in [0.3, 0.4) is 0 Å². The topological polar surface area (TPSA) is 21.3 Å². The molecule has 1 N–H and O–H groups in total. The van der Waals surface area contributed by atoms with Crippen molar-refractivity contribution in [2.75, 3.05) is 13.1 Å². The largest absolute Gasteiger partial charge is 0.485 e. The number of benzene rings is 2. The predicted molar refractivity (Wildman–Crippen MR) is 87.4 cm³/mol. The molecule has 1 heterocycles.